The lowest BCUT2D eigenvalue weighted by atomic mass is 10.3. The van der Waals surface area contributed by atoms with E-state index in [4.69, 9.17) is 0 Å². The van der Waals surface area contributed by atoms with Gasteiger partial charge in [-0.1, -0.05) is 13.3 Å². The molecule has 66 valence electrons. The molecule has 1 N–H and O–H groups in total. The first kappa shape index (κ1) is 8.70. The summed E-state index contributed by atoms with van der Waals surface area (Å²) in [6.45, 7) is 2.47. The highest BCUT2D eigenvalue weighted by molar-refractivity contribution is 4.72. The van der Waals surface area contributed by atoms with E-state index >= 15 is 0 Å². The van der Waals surface area contributed by atoms with E-state index in [0.717, 1.165) is 23.6 Å². The van der Waals surface area contributed by atoms with Crippen LogP contribution in [0.15, 0.2) is 15.8 Å². The van der Waals surface area contributed by atoms with Gasteiger partial charge in [0, 0.05) is 6.54 Å². The summed E-state index contributed by atoms with van der Waals surface area (Å²) in [7, 11) is 0. The number of rotatable bonds is 3. The highest BCUT2D eigenvalue weighted by Crippen LogP contribution is 1.86. The van der Waals surface area contributed by atoms with Gasteiger partial charge in [-0.25, -0.2) is 9.89 Å². The summed E-state index contributed by atoms with van der Waals surface area (Å²) in [5.41, 5.74) is -0.775. The van der Waals surface area contributed by atoms with Gasteiger partial charge in [-0.05, 0) is 6.42 Å². The highest BCUT2D eigenvalue weighted by atomic mass is 16.2. The van der Waals surface area contributed by atoms with Gasteiger partial charge in [0.1, 0.15) is 6.20 Å². The Morgan fingerprint density at radius 2 is 2.33 bits per heavy atom. The van der Waals surface area contributed by atoms with Crippen molar-refractivity contribution in [2.24, 2.45) is 0 Å². The molecule has 1 aromatic heterocycles. The van der Waals surface area contributed by atoms with Gasteiger partial charge in [0.2, 0.25) is 0 Å². The third-order valence-electron chi connectivity index (χ3n) is 1.58. The molecule has 5 heteroatoms. The van der Waals surface area contributed by atoms with Crippen molar-refractivity contribution in [3.63, 3.8) is 0 Å². The summed E-state index contributed by atoms with van der Waals surface area (Å²) >= 11 is 0. The largest absolute Gasteiger partial charge is 0.344 e. The predicted molar refractivity (Wildman–Crippen MR) is 44.0 cm³/mol. The number of hydrogen-bond donors (Lipinski definition) is 1. The van der Waals surface area contributed by atoms with Crippen LogP contribution in [0.3, 0.4) is 0 Å². The van der Waals surface area contributed by atoms with Crippen LogP contribution in [0.4, 0.5) is 0 Å². The van der Waals surface area contributed by atoms with Gasteiger partial charge in [0.05, 0.1) is 0 Å². The van der Waals surface area contributed by atoms with Gasteiger partial charge >= 0.3 is 5.69 Å². The molecule has 1 aromatic rings. The van der Waals surface area contributed by atoms with Crippen LogP contribution in [0.25, 0.3) is 0 Å². The molecule has 0 aromatic carbocycles. The second kappa shape index (κ2) is 3.85. The van der Waals surface area contributed by atoms with Crippen molar-refractivity contribution in [1.82, 2.24) is 14.8 Å². The van der Waals surface area contributed by atoms with Gasteiger partial charge in [-0.2, -0.15) is 5.10 Å². The zero-order valence-corrected chi connectivity index (χ0v) is 6.91. The van der Waals surface area contributed by atoms with Gasteiger partial charge in [0.25, 0.3) is 5.56 Å². The standard InChI is InChI=1S/C7H11N3O2/c1-2-3-4-10-6(11)5-8-9-7(10)12/h5H,2-4H2,1H3,(H,9,12). The Morgan fingerprint density at radius 3 is 2.92 bits per heavy atom. The van der Waals surface area contributed by atoms with Crippen molar-refractivity contribution in [1.29, 1.82) is 0 Å². The molecular formula is C7H11N3O2. The summed E-state index contributed by atoms with van der Waals surface area (Å²) in [6.07, 6.45) is 2.89. The van der Waals surface area contributed by atoms with Crippen LogP contribution >= 0.6 is 0 Å². The minimum absolute atomic E-state index is 0.341. The summed E-state index contributed by atoms with van der Waals surface area (Å²) in [5, 5.41) is 5.59. The molecular weight excluding hydrogens is 158 g/mol. The maximum Gasteiger partial charge on any atom is 0.344 e. The Labute approximate surface area is 69.1 Å². The molecule has 0 unspecified atom stereocenters. The van der Waals surface area contributed by atoms with Crippen molar-refractivity contribution in [3.8, 4) is 0 Å². The number of aromatic nitrogens is 3. The number of nitrogens with one attached hydrogen (secondary N) is 1. The Bertz CT molecular complexity index is 324. The van der Waals surface area contributed by atoms with Gasteiger partial charge in [-0.15, -0.1) is 0 Å². The topological polar surface area (TPSA) is 67.8 Å². The second-order valence-corrected chi connectivity index (χ2v) is 2.52. The van der Waals surface area contributed by atoms with Crippen molar-refractivity contribution in [2.45, 2.75) is 26.3 Å². The van der Waals surface area contributed by atoms with E-state index in [-0.39, 0.29) is 5.56 Å². The molecule has 0 amide bonds. The summed E-state index contributed by atoms with van der Waals surface area (Å²) < 4.78 is 1.15. The van der Waals surface area contributed by atoms with E-state index in [2.05, 4.69) is 10.2 Å². The smallest absolute Gasteiger partial charge is 0.267 e. The normalized spacial score (nSPS) is 10.1. The molecule has 0 spiro atoms. The molecule has 0 aliphatic rings. The molecule has 1 rings (SSSR count). The van der Waals surface area contributed by atoms with E-state index in [0.29, 0.717) is 6.54 Å². The van der Waals surface area contributed by atoms with E-state index < -0.39 is 5.69 Å². The zero-order valence-electron chi connectivity index (χ0n) is 6.91. The maximum atomic E-state index is 11.0. The van der Waals surface area contributed by atoms with Crippen LogP contribution < -0.4 is 11.2 Å². The fraction of sp³-hybridized carbons (Fsp3) is 0.571. The van der Waals surface area contributed by atoms with Crippen LogP contribution in [0.2, 0.25) is 0 Å². The maximum absolute atomic E-state index is 11.0. The van der Waals surface area contributed by atoms with Crippen molar-refractivity contribution in [3.05, 3.63) is 27.0 Å². The average Bonchev–Trinajstić information content (AvgIpc) is 2.04. The number of nitrogens with zero attached hydrogens (tertiary/aromatic N) is 2. The molecule has 0 saturated carbocycles. The van der Waals surface area contributed by atoms with E-state index in [9.17, 15) is 9.59 Å². The molecule has 0 fully saturated rings. The quantitative estimate of drug-likeness (QED) is 0.677. The monoisotopic (exact) mass is 169 g/mol. The molecule has 1 heterocycles. The predicted octanol–water partition coefficient (Wildman–Crippen LogP) is -0.268. The molecule has 0 saturated heterocycles. The number of aromatic amines is 1. The molecule has 0 aliphatic carbocycles. The highest BCUT2D eigenvalue weighted by Gasteiger charge is 1.98. The Morgan fingerprint density at radius 1 is 1.58 bits per heavy atom. The fourth-order valence-electron chi connectivity index (χ4n) is 0.901. The van der Waals surface area contributed by atoms with Crippen molar-refractivity contribution >= 4 is 0 Å². The summed E-state index contributed by atoms with van der Waals surface area (Å²) in [6, 6.07) is 0. The number of unbranched alkanes of at least 4 members (excludes halogenated alkanes) is 1. The fourth-order valence-corrected chi connectivity index (χ4v) is 0.901. The molecule has 0 aliphatic heterocycles. The molecule has 12 heavy (non-hydrogen) atoms. The third-order valence-corrected chi connectivity index (χ3v) is 1.58. The first-order valence-corrected chi connectivity index (χ1v) is 3.90. The lowest BCUT2D eigenvalue weighted by Crippen LogP contribution is -2.35. The van der Waals surface area contributed by atoms with Crippen LogP contribution in [0, 0.1) is 0 Å². The lowest BCUT2D eigenvalue weighted by Gasteiger charge is -1.99. The van der Waals surface area contributed by atoms with Crippen LogP contribution in [-0.4, -0.2) is 14.8 Å². The number of hydrogen-bond acceptors (Lipinski definition) is 3. The van der Waals surface area contributed by atoms with Crippen LogP contribution in [0.1, 0.15) is 19.8 Å². The van der Waals surface area contributed by atoms with Crippen molar-refractivity contribution < 1.29 is 0 Å². The SMILES string of the molecule is CCCCn1c(=O)cn[nH]c1=O. The number of H-pyrrole nitrogens is 1. The Kier molecular flexibility index (Phi) is 2.79. The first-order valence-electron chi connectivity index (χ1n) is 3.90. The summed E-state index contributed by atoms with van der Waals surface area (Å²) in [4.78, 5) is 22.0. The van der Waals surface area contributed by atoms with Gasteiger partial charge in [-0.3, -0.25) is 9.36 Å². The van der Waals surface area contributed by atoms with Crippen molar-refractivity contribution in [2.75, 3.05) is 0 Å². The Balaban J connectivity index is 2.97. The minimum Gasteiger partial charge on any atom is -0.267 e. The lowest BCUT2D eigenvalue weighted by molar-refractivity contribution is 0.569. The van der Waals surface area contributed by atoms with Gasteiger partial charge in [0.15, 0.2) is 0 Å². The van der Waals surface area contributed by atoms with Crippen LogP contribution in [0.5, 0.6) is 0 Å². The second-order valence-electron chi connectivity index (χ2n) is 2.52. The van der Waals surface area contributed by atoms with Crippen LogP contribution in [-0.2, 0) is 6.54 Å². The molecule has 0 atom stereocenters. The Hall–Kier alpha value is -1.39. The molecule has 0 radical (unpaired) electrons. The average molecular weight is 169 g/mol. The van der Waals surface area contributed by atoms with E-state index in [1.807, 2.05) is 6.92 Å². The van der Waals surface area contributed by atoms with Gasteiger partial charge < -0.3 is 0 Å². The minimum atomic E-state index is -0.434. The molecule has 0 bridgehead atoms. The third kappa shape index (κ3) is 1.81. The van der Waals surface area contributed by atoms with E-state index in [1.54, 1.807) is 0 Å². The molecule has 5 nitrogen and oxygen atoms in total. The summed E-state index contributed by atoms with van der Waals surface area (Å²) in [5.74, 6) is 0. The first-order chi connectivity index (χ1) is 5.75. The van der Waals surface area contributed by atoms with E-state index in [1.165, 1.54) is 0 Å². The zero-order chi connectivity index (χ0) is 8.97.